The van der Waals surface area contributed by atoms with E-state index in [0.29, 0.717) is 22.9 Å². The fourth-order valence-electron chi connectivity index (χ4n) is 1.000. The zero-order valence-corrected chi connectivity index (χ0v) is 7.51. The van der Waals surface area contributed by atoms with Crippen molar-refractivity contribution in [3.63, 3.8) is 0 Å². The van der Waals surface area contributed by atoms with E-state index in [9.17, 15) is 0 Å². The summed E-state index contributed by atoms with van der Waals surface area (Å²) in [6.45, 7) is 0.332. The van der Waals surface area contributed by atoms with Gasteiger partial charge in [0.25, 0.3) is 5.22 Å². The maximum absolute atomic E-state index is 5.33. The Labute approximate surface area is 74.9 Å². The molecular weight excluding hydrogens is 174 g/mol. The summed E-state index contributed by atoms with van der Waals surface area (Å²) in [6.07, 6.45) is 3.87. The van der Waals surface area contributed by atoms with Crippen molar-refractivity contribution < 1.29 is 4.42 Å². The molecule has 1 aromatic heterocycles. The smallest absolute Gasteiger partial charge is 0.276 e. The second-order valence-corrected chi connectivity index (χ2v) is 4.09. The Morgan fingerprint density at radius 3 is 2.83 bits per heavy atom. The molecule has 1 fully saturated rings. The Bertz CT molecular complexity index is 259. The highest BCUT2D eigenvalue weighted by Gasteiger charge is 2.21. The van der Waals surface area contributed by atoms with Crippen molar-refractivity contribution in [2.75, 3.05) is 0 Å². The average molecular weight is 185 g/mol. The molecule has 1 aliphatic rings. The van der Waals surface area contributed by atoms with E-state index in [1.807, 2.05) is 0 Å². The number of rotatable bonds is 3. The van der Waals surface area contributed by atoms with Gasteiger partial charge >= 0.3 is 0 Å². The summed E-state index contributed by atoms with van der Waals surface area (Å²) < 4.78 is 5.25. The lowest BCUT2D eigenvalue weighted by Crippen LogP contribution is -2.12. The van der Waals surface area contributed by atoms with Crippen molar-refractivity contribution in [1.29, 1.82) is 0 Å². The first kappa shape index (κ1) is 8.07. The molecule has 0 bridgehead atoms. The standard InChI is InChI=1S/C7H11N3OS/c8-4-6-9-10-7(11-6)12-5-2-1-3-5/h5H,1-4,8H2. The van der Waals surface area contributed by atoms with Crippen LogP contribution < -0.4 is 5.73 Å². The SMILES string of the molecule is NCc1nnc(SC2CCC2)o1. The molecule has 1 aliphatic carbocycles. The van der Waals surface area contributed by atoms with Crippen LogP contribution in [0.1, 0.15) is 25.2 Å². The van der Waals surface area contributed by atoms with E-state index in [1.54, 1.807) is 11.8 Å². The van der Waals surface area contributed by atoms with Crippen molar-refractivity contribution in [2.45, 2.75) is 36.3 Å². The summed E-state index contributed by atoms with van der Waals surface area (Å²) in [5.41, 5.74) is 5.33. The van der Waals surface area contributed by atoms with E-state index in [-0.39, 0.29) is 0 Å². The lowest BCUT2D eigenvalue weighted by Gasteiger charge is -2.22. The van der Waals surface area contributed by atoms with Crippen molar-refractivity contribution >= 4 is 11.8 Å². The van der Waals surface area contributed by atoms with Crippen molar-refractivity contribution in [3.8, 4) is 0 Å². The van der Waals surface area contributed by atoms with Crippen LogP contribution in [-0.4, -0.2) is 15.4 Å². The molecule has 0 radical (unpaired) electrons. The number of hydrogen-bond acceptors (Lipinski definition) is 5. The monoisotopic (exact) mass is 185 g/mol. The number of nitrogens with zero attached hydrogens (tertiary/aromatic N) is 2. The van der Waals surface area contributed by atoms with Gasteiger partial charge in [-0.1, -0.05) is 18.2 Å². The minimum atomic E-state index is 0.332. The van der Waals surface area contributed by atoms with Gasteiger partial charge in [-0.15, -0.1) is 10.2 Å². The molecule has 0 aliphatic heterocycles. The first-order valence-corrected chi connectivity index (χ1v) is 4.95. The second-order valence-electron chi connectivity index (χ2n) is 2.84. The number of thioether (sulfide) groups is 1. The third-order valence-electron chi connectivity index (χ3n) is 1.94. The summed E-state index contributed by atoms with van der Waals surface area (Å²) in [6, 6.07) is 0. The Morgan fingerprint density at radius 2 is 2.33 bits per heavy atom. The van der Waals surface area contributed by atoms with Gasteiger partial charge in [0, 0.05) is 5.25 Å². The van der Waals surface area contributed by atoms with Crippen LogP contribution >= 0.6 is 11.8 Å². The Hall–Kier alpha value is -0.550. The Kier molecular flexibility index (Phi) is 2.32. The van der Waals surface area contributed by atoms with Crippen LogP contribution in [-0.2, 0) is 6.54 Å². The van der Waals surface area contributed by atoms with Crippen LogP contribution in [0, 0.1) is 0 Å². The molecule has 0 unspecified atom stereocenters. The average Bonchev–Trinajstić information content (AvgIpc) is 2.44. The molecule has 0 amide bonds. The van der Waals surface area contributed by atoms with E-state index >= 15 is 0 Å². The lowest BCUT2D eigenvalue weighted by atomic mass is 10.0. The van der Waals surface area contributed by atoms with Crippen LogP contribution in [0.15, 0.2) is 9.64 Å². The molecule has 5 heteroatoms. The highest BCUT2D eigenvalue weighted by Crippen LogP contribution is 2.35. The lowest BCUT2D eigenvalue weighted by molar-refractivity contribution is 0.410. The van der Waals surface area contributed by atoms with E-state index in [2.05, 4.69) is 10.2 Å². The molecule has 0 aromatic carbocycles. The second kappa shape index (κ2) is 3.45. The molecule has 0 saturated heterocycles. The van der Waals surface area contributed by atoms with E-state index in [1.165, 1.54) is 19.3 Å². The molecule has 2 N–H and O–H groups in total. The minimum absolute atomic E-state index is 0.332. The number of aromatic nitrogens is 2. The summed E-state index contributed by atoms with van der Waals surface area (Å²) in [5, 5.41) is 9.02. The van der Waals surface area contributed by atoms with Gasteiger partial charge in [0.05, 0.1) is 6.54 Å². The molecule has 1 aromatic rings. The fourth-order valence-corrected chi connectivity index (χ4v) is 2.09. The van der Waals surface area contributed by atoms with Gasteiger partial charge in [0.15, 0.2) is 0 Å². The van der Waals surface area contributed by atoms with Gasteiger partial charge in [-0.2, -0.15) is 0 Å². The third kappa shape index (κ3) is 1.61. The molecule has 4 nitrogen and oxygen atoms in total. The zero-order valence-electron chi connectivity index (χ0n) is 6.69. The van der Waals surface area contributed by atoms with E-state index < -0.39 is 0 Å². The molecule has 0 atom stereocenters. The van der Waals surface area contributed by atoms with Crippen LogP contribution in [0.25, 0.3) is 0 Å². The quantitative estimate of drug-likeness (QED) is 0.765. The third-order valence-corrected chi connectivity index (χ3v) is 3.11. The van der Waals surface area contributed by atoms with Gasteiger partial charge in [-0.25, -0.2) is 0 Å². The van der Waals surface area contributed by atoms with Gasteiger partial charge in [0.2, 0.25) is 5.89 Å². The van der Waals surface area contributed by atoms with E-state index in [0.717, 1.165) is 0 Å². The van der Waals surface area contributed by atoms with E-state index in [4.69, 9.17) is 10.2 Å². The summed E-state index contributed by atoms with van der Waals surface area (Å²) in [5.74, 6) is 0.525. The van der Waals surface area contributed by atoms with Crippen LogP contribution in [0.3, 0.4) is 0 Å². The van der Waals surface area contributed by atoms with Gasteiger partial charge < -0.3 is 10.2 Å². The van der Waals surface area contributed by atoms with Crippen molar-refractivity contribution in [2.24, 2.45) is 5.73 Å². The van der Waals surface area contributed by atoms with Gasteiger partial charge in [-0.3, -0.25) is 0 Å². The first-order chi connectivity index (χ1) is 5.88. The molecule has 66 valence electrons. The maximum Gasteiger partial charge on any atom is 0.276 e. The van der Waals surface area contributed by atoms with Gasteiger partial charge in [-0.05, 0) is 12.8 Å². The highest BCUT2D eigenvalue weighted by atomic mass is 32.2. The fraction of sp³-hybridized carbons (Fsp3) is 0.714. The maximum atomic E-state index is 5.33. The van der Waals surface area contributed by atoms with Crippen LogP contribution in [0.4, 0.5) is 0 Å². The Morgan fingerprint density at radius 1 is 1.50 bits per heavy atom. The van der Waals surface area contributed by atoms with Crippen LogP contribution in [0.5, 0.6) is 0 Å². The largest absolute Gasteiger partial charge is 0.415 e. The summed E-state index contributed by atoms with van der Waals surface area (Å²) >= 11 is 1.67. The van der Waals surface area contributed by atoms with Crippen LogP contribution in [0.2, 0.25) is 0 Å². The van der Waals surface area contributed by atoms with Crippen molar-refractivity contribution in [1.82, 2.24) is 10.2 Å². The molecule has 2 rings (SSSR count). The molecule has 12 heavy (non-hydrogen) atoms. The predicted octanol–water partition coefficient (Wildman–Crippen LogP) is 1.17. The minimum Gasteiger partial charge on any atom is -0.415 e. The zero-order chi connectivity index (χ0) is 8.39. The summed E-state index contributed by atoms with van der Waals surface area (Å²) in [4.78, 5) is 0. The van der Waals surface area contributed by atoms with Crippen molar-refractivity contribution in [3.05, 3.63) is 5.89 Å². The summed E-state index contributed by atoms with van der Waals surface area (Å²) in [7, 11) is 0. The highest BCUT2D eigenvalue weighted by molar-refractivity contribution is 7.99. The van der Waals surface area contributed by atoms with Gasteiger partial charge in [0.1, 0.15) is 0 Å². The Balaban J connectivity index is 1.93. The number of nitrogens with two attached hydrogens (primary N) is 1. The molecular formula is C7H11N3OS. The normalized spacial score (nSPS) is 17.8. The topological polar surface area (TPSA) is 64.9 Å². The molecule has 1 heterocycles. The first-order valence-electron chi connectivity index (χ1n) is 4.07. The predicted molar refractivity (Wildman–Crippen MR) is 45.7 cm³/mol. The number of hydrogen-bond donors (Lipinski definition) is 1. The molecule has 1 saturated carbocycles. The molecule has 0 spiro atoms.